The first-order valence-electron chi connectivity index (χ1n) is 7.62. The lowest BCUT2D eigenvalue weighted by molar-refractivity contribution is 0.224. The summed E-state index contributed by atoms with van der Waals surface area (Å²) >= 11 is 0. The van der Waals surface area contributed by atoms with Crippen molar-refractivity contribution in [3.63, 3.8) is 0 Å². The molecule has 8 heteroatoms. The minimum absolute atomic E-state index is 0.115. The maximum absolute atomic E-state index is 13.2. The van der Waals surface area contributed by atoms with Gasteiger partial charge >= 0.3 is 6.01 Å². The van der Waals surface area contributed by atoms with Crippen molar-refractivity contribution in [1.82, 2.24) is 15.3 Å². The van der Waals surface area contributed by atoms with Gasteiger partial charge in [-0.15, -0.1) is 0 Å². The molecule has 0 bridgehead atoms. The van der Waals surface area contributed by atoms with Crippen molar-refractivity contribution in [2.45, 2.75) is 18.9 Å². The van der Waals surface area contributed by atoms with Crippen LogP contribution in [0.5, 0.6) is 0 Å². The lowest BCUT2D eigenvalue weighted by Crippen LogP contribution is -2.38. The molecule has 7 nitrogen and oxygen atoms in total. The summed E-state index contributed by atoms with van der Waals surface area (Å²) in [5.74, 6) is 0.303. The Hall–Kier alpha value is -2.48. The Kier molecular flexibility index (Phi) is 3.45. The number of ether oxygens (including phenoxy) is 1. The molecule has 1 aromatic heterocycles. The second-order valence-electron chi connectivity index (χ2n) is 5.73. The van der Waals surface area contributed by atoms with Crippen molar-refractivity contribution in [3.8, 4) is 0 Å². The summed E-state index contributed by atoms with van der Waals surface area (Å²) in [5.41, 5.74) is 8.27. The molecule has 1 fully saturated rings. The smallest absolute Gasteiger partial charge is 0.316 e. The van der Waals surface area contributed by atoms with Gasteiger partial charge in [0.05, 0.1) is 11.0 Å². The van der Waals surface area contributed by atoms with E-state index in [1.54, 1.807) is 0 Å². The average Bonchev–Trinajstić information content (AvgIpc) is 3.12. The molecule has 5 N–H and O–H groups in total. The summed E-state index contributed by atoms with van der Waals surface area (Å²) in [6, 6.07) is 5.52. The lowest BCUT2D eigenvalue weighted by Gasteiger charge is -2.24. The summed E-state index contributed by atoms with van der Waals surface area (Å²) < 4.78 is 17.9. The highest BCUT2D eigenvalue weighted by Gasteiger charge is 2.26. The van der Waals surface area contributed by atoms with Gasteiger partial charge in [-0.2, -0.15) is 4.39 Å². The monoisotopic (exact) mass is 317 g/mol. The third kappa shape index (κ3) is 2.65. The number of benzene rings is 1. The minimum Gasteiger partial charge on any atom is -0.437 e. The topological polar surface area (TPSA) is 91.2 Å². The van der Waals surface area contributed by atoms with Crippen LogP contribution in [-0.4, -0.2) is 29.1 Å². The van der Waals surface area contributed by atoms with E-state index in [1.807, 2.05) is 18.2 Å². The van der Waals surface area contributed by atoms with E-state index in [0.717, 1.165) is 36.2 Å². The Balaban J connectivity index is 1.57. The summed E-state index contributed by atoms with van der Waals surface area (Å²) in [4.78, 5) is 8.90. The Morgan fingerprint density at radius 3 is 3.09 bits per heavy atom. The number of piperidine rings is 1. The molecule has 2 aliphatic heterocycles. The van der Waals surface area contributed by atoms with Crippen LogP contribution in [0.3, 0.4) is 0 Å². The number of rotatable bonds is 3. The molecule has 3 heterocycles. The SMILES string of the molecule is NC1=C(F)O[CH]N1c1nc2cc(NC3CCCNC3)ccc2[nH]1. The first-order chi connectivity index (χ1) is 11.2. The maximum Gasteiger partial charge on any atom is 0.316 e. The average molecular weight is 317 g/mol. The van der Waals surface area contributed by atoms with Gasteiger partial charge in [-0.1, -0.05) is 0 Å². The van der Waals surface area contributed by atoms with Crippen LogP contribution in [-0.2, 0) is 4.74 Å². The number of nitrogens with one attached hydrogen (secondary N) is 3. The van der Waals surface area contributed by atoms with Crippen molar-refractivity contribution < 1.29 is 9.13 Å². The molecule has 4 rings (SSSR count). The van der Waals surface area contributed by atoms with E-state index in [-0.39, 0.29) is 5.82 Å². The zero-order chi connectivity index (χ0) is 15.8. The van der Waals surface area contributed by atoms with Crippen LogP contribution in [0, 0.1) is 6.73 Å². The predicted octanol–water partition coefficient (Wildman–Crippen LogP) is 1.74. The number of imidazole rings is 1. The van der Waals surface area contributed by atoms with Gasteiger partial charge in [-0.3, -0.25) is 4.90 Å². The molecule has 1 unspecified atom stereocenters. The molecule has 0 saturated carbocycles. The third-order valence-electron chi connectivity index (χ3n) is 4.09. The highest BCUT2D eigenvalue weighted by Crippen LogP contribution is 2.28. The van der Waals surface area contributed by atoms with Crippen molar-refractivity contribution in [2.75, 3.05) is 23.3 Å². The Bertz CT molecular complexity index is 752. The first kappa shape index (κ1) is 14.1. The molecule has 0 amide bonds. The van der Waals surface area contributed by atoms with Gasteiger partial charge in [0, 0.05) is 18.3 Å². The van der Waals surface area contributed by atoms with E-state index < -0.39 is 6.01 Å². The molecule has 1 radical (unpaired) electrons. The zero-order valence-corrected chi connectivity index (χ0v) is 12.5. The van der Waals surface area contributed by atoms with Crippen LogP contribution in [0.25, 0.3) is 11.0 Å². The highest BCUT2D eigenvalue weighted by molar-refractivity contribution is 5.82. The molecule has 121 valence electrons. The second kappa shape index (κ2) is 5.62. The van der Waals surface area contributed by atoms with E-state index in [0.29, 0.717) is 12.0 Å². The fourth-order valence-electron chi connectivity index (χ4n) is 2.88. The fraction of sp³-hybridized carbons (Fsp3) is 0.333. The largest absolute Gasteiger partial charge is 0.437 e. The fourth-order valence-corrected chi connectivity index (χ4v) is 2.88. The summed E-state index contributed by atoms with van der Waals surface area (Å²) in [7, 11) is 0. The number of nitrogens with zero attached hydrogens (tertiary/aromatic N) is 2. The number of halogens is 1. The molecule has 1 aromatic carbocycles. The Morgan fingerprint density at radius 2 is 2.35 bits per heavy atom. The van der Waals surface area contributed by atoms with Crippen LogP contribution in [0.4, 0.5) is 16.0 Å². The van der Waals surface area contributed by atoms with Gasteiger partial charge in [-0.05, 0) is 37.6 Å². The third-order valence-corrected chi connectivity index (χ3v) is 4.09. The van der Waals surface area contributed by atoms with Crippen LogP contribution >= 0.6 is 0 Å². The van der Waals surface area contributed by atoms with Crippen molar-refractivity contribution in [1.29, 1.82) is 0 Å². The van der Waals surface area contributed by atoms with Crippen molar-refractivity contribution in [3.05, 3.63) is 36.8 Å². The van der Waals surface area contributed by atoms with E-state index in [4.69, 9.17) is 5.73 Å². The number of hydrogen-bond donors (Lipinski definition) is 4. The number of H-pyrrole nitrogens is 1. The van der Waals surface area contributed by atoms with Crippen molar-refractivity contribution in [2.24, 2.45) is 5.73 Å². The lowest BCUT2D eigenvalue weighted by atomic mass is 10.1. The predicted molar refractivity (Wildman–Crippen MR) is 85.8 cm³/mol. The molecular formula is C15H18FN6O. The maximum atomic E-state index is 13.2. The van der Waals surface area contributed by atoms with Gasteiger partial charge in [0.25, 0.3) is 0 Å². The minimum atomic E-state index is -0.822. The number of aromatic nitrogens is 2. The van der Waals surface area contributed by atoms with Crippen LogP contribution in [0.15, 0.2) is 30.0 Å². The number of anilines is 2. The van der Waals surface area contributed by atoms with Crippen LogP contribution in [0.1, 0.15) is 12.8 Å². The van der Waals surface area contributed by atoms with Gasteiger partial charge in [0.2, 0.25) is 12.7 Å². The molecule has 1 saturated heterocycles. The standard InChI is InChI=1S/C15H18FN6O/c16-13-14(17)22(8-23-13)15-20-11-4-3-9(6-12(11)21-15)19-10-2-1-5-18-7-10/h3-4,6,8,10,18-19H,1-2,5,7,17H2,(H,20,21). The van der Waals surface area contributed by atoms with Crippen LogP contribution < -0.4 is 21.3 Å². The Labute approximate surface area is 132 Å². The van der Waals surface area contributed by atoms with Gasteiger partial charge < -0.3 is 26.1 Å². The number of nitrogens with two attached hydrogens (primary N) is 1. The number of aromatic amines is 1. The quantitative estimate of drug-likeness (QED) is 0.689. The molecule has 0 spiro atoms. The number of hydrogen-bond acceptors (Lipinski definition) is 6. The zero-order valence-electron chi connectivity index (χ0n) is 12.5. The highest BCUT2D eigenvalue weighted by atomic mass is 19.1. The number of fused-ring (bicyclic) bond motifs is 1. The summed E-state index contributed by atoms with van der Waals surface area (Å²) in [6.45, 7) is 3.24. The first-order valence-corrected chi connectivity index (χ1v) is 7.62. The molecular weight excluding hydrogens is 299 g/mol. The normalized spacial score (nSPS) is 21.8. The van der Waals surface area contributed by atoms with E-state index in [2.05, 4.69) is 25.3 Å². The van der Waals surface area contributed by atoms with Gasteiger partial charge in [0.1, 0.15) is 0 Å². The van der Waals surface area contributed by atoms with E-state index >= 15 is 0 Å². The molecule has 23 heavy (non-hydrogen) atoms. The second-order valence-corrected chi connectivity index (χ2v) is 5.73. The Morgan fingerprint density at radius 1 is 1.43 bits per heavy atom. The van der Waals surface area contributed by atoms with E-state index in [9.17, 15) is 4.39 Å². The summed E-state index contributed by atoms with van der Waals surface area (Å²) in [5, 5.41) is 6.89. The molecule has 1 atom stereocenters. The molecule has 2 aliphatic rings. The molecule has 2 aromatic rings. The van der Waals surface area contributed by atoms with Gasteiger partial charge in [0.15, 0.2) is 5.82 Å². The van der Waals surface area contributed by atoms with Crippen molar-refractivity contribution >= 4 is 22.7 Å². The summed E-state index contributed by atoms with van der Waals surface area (Å²) in [6.07, 6.45) is 2.33. The van der Waals surface area contributed by atoms with Gasteiger partial charge in [-0.25, -0.2) is 4.98 Å². The van der Waals surface area contributed by atoms with Crippen LogP contribution in [0.2, 0.25) is 0 Å². The molecule has 0 aliphatic carbocycles. The van der Waals surface area contributed by atoms with E-state index in [1.165, 1.54) is 18.1 Å².